The van der Waals surface area contributed by atoms with Crippen LogP contribution in [0.2, 0.25) is 0 Å². The molecule has 0 bridgehead atoms. The predicted molar refractivity (Wildman–Crippen MR) is 143 cm³/mol. The molecule has 7 heteroatoms. The molecule has 0 radical (unpaired) electrons. The SMILES string of the molecule is CCC(c1ccccc1)N1CCN(C(=NC)NCCc2cccc(C(=O)NC)c2)CC1.I. The first kappa shape index (κ1) is 26.1. The maximum Gasteiger partial charge on any atom is 0.251 e. The highest BCUT2D eigenvalue weighted by Gasteiger charge is 2.25. The second-order valence-electron chi connectivity index (χ2n) is 7.86. The third-order valence-corrected chi connectivity index (χ3v) is 5.95. The Balaban J connectivity index is 0.00000363. The molecule has 0 aromatic heterocycles. The molecule has 1 aliphatic heterocycles. The number of rotatable bonds is 7. The Bertz CT molecular complexity index is 866. The molecule has 1 unspecified atom stereocenters. The van der Waals surface area contributed by atoms with Crippen LogP contribution in [-0.2, 0) is 6.42 Å². The van der Waals surface area contributed by atoms with E-state index in [1.165, 1.54) is 5.56 Å². The van der Waals surface area contributed by atoms with Crippen molar-refractivity contribution in [1.82, 2.24) is 20.4 Å². The maximum atomic E-state index is 11.8. The number of hydrogen-bond acceptors (Lipinski definition) is 3. The number of nitrogens with one attached hydrogen (secondary N) is 2. The minimum atomic E-state index is -0.0515. The van der Waals surface area contributed by atoms with Gasteiger partial charge in [0.05, 0.1) is 0 Å². The number of hydrogen-bond donors (Lipinski definition) is 2. The molecule has 0 spiro atoms. The quantitative estimate of drug-likeness (QED) is 0.315. The van der Waals surface area contributed by atoms with Crippen LogP contribution in [0.4, 0.5) is 0 Å². The van der Waals surface area contributed by atoms with Crippen LogP contribution in [0.5, 0.6) is 0 Å². The Hall–Kier alpha value is -2.13. The molecule has 0 saturated carbocycles. The Morgan fingerprint density at radius 3 is 2.41 bits per heavy atom. The topological polar surface area (TPSA) is 60.0 Å². The summed E-state index contributed by atoms with van der Waals surface area (Å²) in [6.07, 6.45) is 1.96. The number of guanidine groups is 1. The summed E-state index contributed by atoms with van der Waals surface area (Å²) in [7, 11) is 3.50. The lowest BCUT2D eigenvalue weighted by atomic mass is 10.0. The summed E-state index contributed by atoms with van der Waals surface area (Å²) in [4.78, 5) is 21.3. The van der Waals surface area contributed by atoms with Crippen molar-refractivity contribution in [3.05, 3.63) is 71.3 Å². The summed E-state index contributed by atoms with van der Waals surface area (Å²) >= 11 is 0. The fourth-order valence-corrected chi connectivity index (χ4v) is 4.29. The second-order valence-corrected chi connectivity index (χ2v) is 7.86. The first-order chi connectivity index (χ1) is 15.2. The molecule has 1 saturated heterocycles. The first-order valence-corrected chi connectivity index (χ1v) is 11.2. The van der Waals surface area contributed by atoms with Crippen LogP contribution in [0.1, 0.15) is 40.9 Å². The minimum absolute atomic E-state index is 0. The van der Waals surface area contributed by atoms with Crippen molar-refractivity contribution in [2.24, 2.45) is 4.99 Å². The van der Waals surface area contributed by atoms with Crippen molar-refractivity contribution in [2.45, 2.75) is 25.8 Å². The van der Waals surface area contributed by atoms with Crippen molar-refractivity contribution >= 4 is 35.8 Å². The molecular formula is C25H36IN5O. The molecule has 2 N–H and O–H groups in total. The molecule has 1 atom stereocenters. The molecule has 2 aromatic carbocycles. The van der Waals surface area contributed by atoms with Gasteiger partial charge >= 0.3 is 0 Å². The highest BCUT2D eigenvalue weighted by atomic mass is 127. The third kappa shape index (κ3) is 6.93. The highest BCUT2D eigenvalue weighted by molar-refractivity contribution is 14.0. The summed E-state index contributed by atoms with van der Waals surface area (Å²) in [5.41, 5.74) is 3.24. The lowest BCUT2D eigenvalue weighted by Gasteiger charge is -2.40. The van der Waals surface area contributed by atoms with Crippen molar-refractivity contribution in [2.75, 3.05) is 46.8 Å². The number of benzene rings is 2. The van der Waals surface area contributed by atoms with Gasteiger partial charge in [0.25, 0.3) is 5.91 Å². The fourth-order valence-electron chi connectivity index (χ4n) is 4.29. The second kappa shape index (κ2) is 13.4. The van der Waals surface area contributed by atoms with Crippen LogP contribution < -0.4 is 10.6 Å². The normalized spacial score (nSPS) is 15.6. The Kier molecular flexibility index (Phi) is 11.0. The lowest BCUT2D eigenvalue weighted by molar-refractivity contribution is 0.0963. The molecule has 1 fully saturated rings. The molecule has 1 amide bonds. The smallest absolute Gasteiger partial charge is 0.251 e. The molecule has 1 heterocycles. The van der Waals surface area contributed by atoms with Crippen LogP contribution in [-0.4, -0.2) is 68.5 Å². The van der Waals surface area contributed by atoms with Gasteiger partial charge in [-0.15, -0.1) is 24.0 Å². The predicted octanol–water partition coefficient (Wildman–Crippen LogP) is 3.55. The molecule has 6 nitrogen and oxygen atoms in total. The zero-order chi connectivity index (χ0) is 22.1. The third-order valence-electron chi connectivity index (χ3n) is 5.95. The number of nitrogens with zero attached hydrogens (tertiary/aromatic N) is 3. The van der Waals surface area contributed by atoms with Crippen molar-refractivity contribution in [1.29, 1.82) is 0 Å². The van der Waals surface area contributed by atoms with Crippen LogP contribution in [0, 0.1) is 0 Å². The standard InChI is InChI=1S/C25H35N5O.HI/c1-4-23(21-10-6-5-7-11-21)29-15-17-30(18-16-29)25(27-3)28-14-13-20-9-8-12-22(19-20)24(31)26-2;/h5-12,19,23H,4,13-18H2,1-3H3,(H,26,31)(H,27,28);1H. The molecular weight excluding hydrogens is 513 g/mol. The van der Waals surface area contributed by atoms with E-state index in [4.69, 9.17) is 0 Å². The van der Waals surface area contributed by atoms with Gasteiger partial charge in [0.2, 0.25) is 0 Å². The van der Waals surface area contributed by atoms with E-state index in [9.17, 15) is 4.79 Å². The zero-order valence-electron chi connectivity index (χ0n) is 19.4. The molecule has 174 valence electrons. The lowest BCUT2D eigenvalue weighted by Crippen LogP contribution is -2.53. The summed E-state index contributed by atoms with van der Waals surface area (Å²) in [5.74, 6) is 0.902. The molecule has 3 rings (SSSR count). The number of amides is 1. The Labute approximate surface area is 209 Å². The fraction of sp³-hybridized carbons (Fsp3) is 0.440. The number of piperazine rings is 1. The zero-order valence-corrected chi connectivity index (χ0v) is 21.7. The van der Waals surface area contributed by atoms with Gasteiger partial charge in [0, 0.05) is 58.4 Å². The van der Waals surface area contributed by atoms with Crippen LogP contribution >= 0.6 is 24.0 Å². The summed E-state index contributed by atoms with van der Waals surface area (Å²) in [6.45, 7) is 7.05. The van der Waals surface area contributed by atoms with Gasteiger partial charge in [0.15, 0.2) is 5.96 Å². The summed E-state index contributed by atoms with van der Waals surface area (Å²) < 4.78 is 0. The van der Waals surface area contributed by atoms with Crippen molar-refractivity contribution < 1.29 is 4.79 Å². The van der Waals surface area contributed by atoms with Crippen molar-refractivity contribution in [3.8, 4) is 0 Å². The number of halogens is 1. The van der Waals surface area contributed by atoms with E-state index in [-0.39, 0.29) is 29.9 Å². The number of aliphatic imine (C=N–C) groups is 1. The van der Waals surface area contributed by atoms with E-state index in [0.717, 1.165) is 57.1 Å². The highest BCUT2D eigenvalue weighted by Crippen LogP contribution is 2.25. The van der Waals surface area contributed by atoms with E-state index < -0.39 is 0 Å². The van der Waals surface area contributed by atoms with E-state index in [1.54, 1.807) is 7.05 Å². The average molecular weight is 550 g/mol. The van der Waals surface area contributed by atoms with Gasteiger partial charge in [-0.25, -0.2) is 0 Å². The average Bonchev–Trinajstić information content (AvgIpc) is 2.83. The minimum Gasteiger partial charge on any atom is -0.356 e. The van der Waals surface area contributed by atoms with E-state index in [1.807, 2.05) is 25.2 Å². The van der Waals surface area contributed by atoms with Crippen LogP contribution in [0.3, 0.4) is 0 Å². The largest absolute Gasteiger partial charge is 0.356 e. The van der Waals surface area contributed by atoms with Gasteiger partial charge < -0.3 is 15.5 Å². The summed E-state index contributed by atoms with van der Waals surface area (Å²) in [5, 5.41) is 6.17. The number of carbonyl (C=O) groups is 1. The van der Waals surface area contributed by atoms with E-state index in [2.05, 4.69) is 68.7 Å². The number of carbonyl (C=O) groups excluding carboxylic acids is 1. The van der Waals surface area contributed by atoms with Crippen LogP contribution in [0.15, 0.2) is 59.6 Å². The van der Waals surface area contributed by atoms with Gasteiger partial charge in [-0.1, -0.05) is 49.4 Å². The monoisotopic (exact) mass is 549 g/mol. The van der Waals surface area contributed by atoms with Gasteiger partial charge in [-0.3, -0.25) is 14.7 Å². The van der Waals surface area contributed by atoms with Gasteiger partial charge in [-0.05, 0) is 36.1 Å². The first-order valence-electron chi connectivity index (χ1n) is 11.2. The van der Waals surface area contributed by atoms with Crippen molar-refractivity contribution in [3.63, 3.8) is 0 Å². The molecule has 1 aliphatic rings. The molecule has 2 aromatic rings. The van der Waals surface area contributed by atoms with Crippen LogP contribution in [0.25, 0.3) is 0 Å². The summed E-state index contributed by atoms with van der Waals surface area (Å²) in [6, 6.07) is 19.1. The molecule has 32 heavy (non-hydrogen) atoms. The van der Waals surface area contributed by atoms with E-state index in [0.29, 0.717) is 11.6 Å². The maximum absolute atomic E-state index is 11.8. The Morgan fingerprint density at radius 2 is 1.78 bits per heavy atom. The molecule has 0 aliphatic carbocycles. The Morgan fingerprint density at radius 1 is 1.06 bits per heavy atom. The van der Waals surface area contributed by atoms with Gasteiger partial charge in [-0.2, -0.15) is 0 Å². The van der Waals surface area contributed by atoms with Gasteiger partial charge in [0.1, 0.15) is 0 Å². The van der Waals surface area contributed by atoms with E-state index >= 15 is 0 Å².